The number of nitrogens with zero attached hydrogens (tertiary/aromatic N) is 1. The first-order chi connectivity index (χ1) is 9.84. The Labute approximate surface area is 130 Å². The second-order valence-corrected chi connectivity index (χ2v) is 8.04. The van der Waals surface area contributed by atoms with Crippen molar-refractivity contribution in [2.45, 2.75) is 50.5 Å². The fraction of sp³-hybridized carbons (Fsp3) is 0.533. The van der Waals surface area contributed by atoms with Crippen molar-refractivity contribution in [2.75, 3.05) is 6.54 Å². The third-order valence-corrected chi connectivity index (χ3v) is 5.16. The van der Waals surface area contributed by atoms with Gasteiger partial charge in [-0.2, -0.15) is 0 Å². The van der Waals surface area contributed by atoms with E-state index in [0.717, 1.165) is 32.2 Å². The smallest absolute Gasteiger partial charge is 0.261 e. The van der Waals surface area contributed by atoms with Gasteiger partial charge < -0.3 is 4.90 Å². The minimum absolute atomic E-state index is 0.0151. The Bertz CT molecular complexity index is 638. The largest absolute Gasteiger partial charge is 0.336 e. The predicted octanol–water partition coefficient (Wildman–Crippen LogP) is 3.33. The Morgan fingerprint density at radius 2 is 2.05 bits per heavy atom. The highest BCUT2D eigenvalue weighted by Crippen LogP contribution is 2.29. The Morgan fingerprint density at radius 3 is 2.57 bits per heavy atom. The van der Waals surface area contributed by atoms with E-state index in [2.05, 4.69) is 6.92 Å². The first-order valence-electron chi connectivity index (χ1n) is 7.21. The molecule has 1 aliphatic carbocycles. The van der Waals surface area contributed by atoms with Gasteiger partial charge in [0.15, 0.2) is 0 Å². The molecule has 0 spiro atoms. The van der Waals surface area contributed by atoms with Gasteiger partial charge in [0.05, 0.1) is 4.90 Å². The van der Waals surface area contributed by atoms with E-state index in [-0.39, 0.29) is 10.8 Å². The lowest BCUT2D eigenvalue weighted by Crippen LogP contribution is -2.34. The third-order valence-electron chi connectivity index (χ3n) is 3.70. The molecule has 1 aromatic rings. The molecular weight excluding hydrogens is 310 g/mol. The van der Waals surface area contributed by atoms with Crippen LogP contribution in [0.4, 0.5) is 0 Å². The summed E-state index contributed by atoms with van der Waals surface area (Å²) in [5.74, 6) is -0.104. The van der Waals surface area contributed by atoms with Crippen molar-refractivity contribution in [1.82, 2.24) is 4.90 Å². The monoisotopic (exact) mass is 329 g/mol. The Kier molecular flexibility index (Phi) is 4.94. The zero-order valence-corrected chi connectivity index (χ0v) is 13.9. The summed E-state index contributed by atoms with van der Waals surface area (Å²) in [6.07, 6.45) is 4.03. The van der Waals surface area contributed by atoms with E-state index < -0.39 is 9.05 Å². The molecule has 116 valence electrons. The maximum Gasteiger partial charge on any atom is 0.261 e. The van der Waals surface area contributed by atoms with E-state index in [1.807, 2.05) is 4.90 Å². The quantitative estimate of drug-likeness (QED) is 0.752. The maximum absolute atomic E-state index is 12.6. The number of unbranched alkanes of at least 4 members (excludes halogenated alkanes) is 1. The molecule has 1 aromatic carbocycles. The van der Waals surface area contributed by atoms with Crippen LogP contribution in [0.1, 0.15) is 48.5 Å². The molecule has 6 heteroatoms. The molecule has 0 heterocycles. The minimum atomic E-state index is -3.84. The number of carbonyl (C=O) groups is 1. The number of hydrogen-bond acceptors (Lipinski definition) is 3. The second kappa shape index (κ2) is 6.36. The molecule has 0 unspecified atom stereocenters. The Hall–Kier alpha value is -1.07. The average molecular weight is 330 g/mol. The van der Waals surface area contributed by atoms with Crippen molar-refractivity contribution in [1.29, 1.82) is 0 Å². The van der Waals surface area contributed by atoms with Crippen LogP contribution in [-0.2, 0) is 9.05 Å². The van der Waals surface area contributed by atoms with E-state index in [1.54, 1.807) is 19.1 Å². The summed E-state index contributed by atoms with van der Waals surface area (Å²) in [6, 6.07) is 5.00. The number of carbonyl (C=O) groups excluding carboxylic acids is 1. The number of hydrogen-bond donors (Lipinski definition) is 0. The van der Waals surface area contributed by atoms with E-state index >= 15 is 0 Å². The molecule has 1 fully saturated rings. The van der Waals surface area contributed by atoms with Crippen molar-refractivity contribution in [3.05, 3.63) is 29.3 Å². The van der Waals surface area contributed by atoms with Gasteiger partial charge in [0.1, 0.15) is 0 Å². The van der Waals surface area contributed by atoms with Crippen LogP contribution in [0.3, 0.4) is 0 Å². The molecule has 0 atom stereocenters. The van der Waals surface area contributed by atoms with Crippen LogP contribution in [-0.4, -0.2) is 31.8 Å². The Balaban J connectivity index is 2.29. The maximum atomic E-state index is 12.6. The number of rotatable bonds is 6. The van der Waals surface area contributed by atoms with Crippen LogP contribution in [0.2, 0.25) is 0 Å². The van der Waals surface area contributed by atoms with Crippen LogP contribution in [0.15, 0.2) is 23.1 Å². The lowest BCUT2D eigenvalue weighted by atomic mass is 10.1. The van der Waals surface area contributed by atoms with Gasteiger partial charge in [-0.05, 0) is 43.9 Å². The van der Waals surface area contributed by atoms with E-state index in [4.69, 9.17) is 10.7 Å². The molecule has 1 aliphatic rings. The summed E-state index contributed by atoms with van der Waals surface area (Å²) in [5.41, 5.74) is 0.941. The first-order valence-corrected chi connectivity index (χ1v) is 9.51. The van der Waals surface area contributed by atoms with Crippen molar-refractivity contribution in [2.24, 2.45) is 0 Å². The number of halogens is 1. The van der Waals surface area contributed by atoms with E-state index in [1.165, 1.54) is 6.07 Å². The highest BCUT2D eigenvalue weighted by Gasteiger charge is 2.33. The van der Waals surface area contributed by atoms with Gasteiger partial charge in [-0.3, -0.25) is 4.79 Å². The topological polar surface area (TPSA) is 54.5 Å². The van der Waals surface area contributed by atoms with Gasteiger partial charge >= 0.3 is 0 Å². The molecule has 21 heavy (non-hydrogen) atoms. The molecule has 0 bridgehead atoms. The van der Waals surface area contributed by atoms with Crippen molar-refractivity contribution >= 4 is 25.6 Å². The highest BCUT2D eigenvalue weighted by molar-refractivity contribution is 8.13. The van der Waals surface area contributed by atoms with Crippen LogP contribution < -0.4 is 0 Å². The van der Waals surface area contributed by atoms with Crippen molar-refractivity contribution < 1.29 is 13.2 Å². The second-order valence-electron chi connectivity index (χ2n) is 5.50. The fourth-order valence-corrected chi connectivity index (χ4v) is 3.55. The molecule has 0 aromatic heterocycles. The summed E-state index contributed by atoms with van der Waals surface area (Å²) in [4.78, 5) is 14.5. The van der Waals surface area contributed by atoms with Crippen molar-refractivity contribution in [3.8, 4) is 0 Å². The fourth-order valence-electron chi connectivity index (χ4n) is 2.33. The summed E-state index contributed by atoms with van der Waals surface area (Å²) in [5, 5.41) is 0. The van der Waals surface area contributed by atoms with Crippen LogP contribution in [0, 0.1) is 6.92 Å². The number of aryl methyl sites for hydroxylation is 1. The molecule has 2 rings (SSSR count). The van der Waals surface area contributed by atoms with Gasteiger partial charge in [-0.25, -0.2) is 8.42 Å². The molecule has 0 N–H and O–H groups in total. The average Bonchev–Trinajstić information content (AvgIpc) is 3.22. The van der Waals surface area contributed by atoms with Crippen LogP contribution >= 0.6 is 10.7 Å². The first kappa shape index (κ1) is 16.3. The normalized spacial score (nSPS) is 15.0. The highest BCUT2D eigenvalue weighted by atomic mass is 35.7. The summed E-state index contributed by atoms with van der Waals surface area (Å²) >= 11 is 0. The zero-order valence-electron chi connectivity index (χ0n) is 12.3. The molecule has 1 saturated carbocycles. The zero-order chi connectivity index (χ0) is 15.6. The van der Waals surface area contributed by atoms with Gasteiger partial charge in [-0.15, -0.1) is 0 Å². The predicted molar refractivity (Wildman–Crippen MR) is 83.2 cm³/mol. The molecule has 0 saturated heterocycles. The summed E-state index contributed by atoms with van der Waals surface area (Å²) in [6.45, 7) is 4.47. The summed E-state index contributed by atoms with van der Waals surface area (Å²) in [7, 11) is 1.59. The van der Waals surface area contributed by atoms with E-state index in [9.17, 15) is 13.2 Å². The summed E-state index contributed by atoms with van der Waals surface area (Å²) < 4.78 is 23.1. The minimum Gasteiger partial charge on any atom is -0.336 e. The van der Waals surface area contributed by atoms with Crippen molar-refractivity contribution in [3.63, 3.8) is 0 Å². The van der Waals surface area contributed by atoms with Gasteiger partial charge in [0.2, 0.25) is 0 Å². The standard InChI is InChI=1S/C15H20ClNO3S/c1-3-4-9-17(13-7-8-13)15(18)12-6-5-11(2)14(10-12)21(16,19)20/h5-6,10,13H,3-4,7-9H2,1-2H3. The number of amides is 1. The third kappa shape index (κ3) is 3.98. The SMILES string of the molecule is CCCCN(C(=O)c1ccc(C)c(S(=O)(=O)Cl)c1)C1CC1. The van der Waals surface area contributed by atoms with Crippen LogP contribution in [0.25, 0.3) is 0 Å². The molecule has 1 amide bonds. The molecule has 0 aliphatic heterocycles. The van der Waals surface area contributed by atoms with Gasteiger partial charge in [0.25, 0.3) is 15.0 Å². The van der Waals surface area contributed by atoms with E-state index in [0.29, 0.717) is 17.2 Å². The number of benzene rings is 1. The molecule has 0 radical (unpaired) electrons. The van der Waals surface area contributed by atoms with Gasteiger partial charge in [0, 0.05) is 28.8 Å². The Morgan fingerprint density at radius 1 is 1.38 bits per heavy atom. The van der Waals surface area contributed by atoms with Crippen LogP contribution in [0.5, 0.6) is 0 Å². The lowest BCUT2D eigenvalue weighted by Gasteiger charge is -2.22. The van der Waals surface area contributed by atoms with Gasteiger partial charge in [-0.1, -0.05) is 19.4 Å². The lowest BCUT2D eigenvalue weighted by molar-refractivity contribution is 0.0740. The molecular formula is C15H20ClNO3S. The molecule has 4 nitrogen and oxygen atoms in total.